The Morgan fingerprint density at radius 2 is 1.85 bits per heavy atom. The fourth-order valence-corrected chi connectivity index (χ4v) is 2.27. The van der Waals surface area contributed by atoms with Crippen molar-refractivity contribution in [1.29, 1.82) is 0 Å². The molecule has 2 rings (SSSR count). The van der Waals surface area contributed by atoms with Gasteiger partial charge in [0.25, 0.3) is 5.69 Å². The number of carbonyl (C=O) groups excluding carboxylic acids is 2. The van der Waals surface area contributed by atoms with Crippen molar-refractivity contribution < 1.29 is 23.8 Å². The van der Waals surface area contributed by atoms with Gasteiger partial charge < -0.3 is 25.4 Å². The third-order valence-corrected chi connectivity index (χ3v) is 3.74. The zero-order valence-corrected chi connectivity index (χ0v) is 15.2. The van der Waals surface area contributed by atoms with E-state index in [1.807, 2.05) is 0 Å². The number of halogens is 2. The van der Waals surface area contributed by atoms with Crippen molar-refractivity contribution in [1.82, 2.24) is 0 Å². The minimum absolute atomic E-state index is 0.0193. The van der Waals surface area contributed by atoms with Crippen LogP contribution in [0.25, 0.3) is 0 Å². The first-order valence-corrected chi connectivity index (χ1v) is 8.46. The minimum atomic E-state index is -0.811. The number of rotatable bonds is 6. The molecule has 1 aromatic carbocycles. The second-order valence-corrected chi connectivity index (χ2v) is 5.55. The van der Waals surface area contributed by atoms with Crippen LogP contribution in [0.15, 0.2) is 54.3 Å². The smallest absolute Gasteiger partial charge is 0.326 e. The number of anilines is 1. The third kappa shape index (κ3) is 4.68. The zero-order valence-electron chi connectivity index (χ0n) is 13.7. The zero-order chi connectivity index (χ0) is 20.0. The lowest BCUT2D eigenvalue weighted by atomic mass is 10.0. The molecule has 1 aliphatic rings. The molecule has 0 saturated heterocycles. The molecule has 0 unspecified atom stereocenters. The minimum Gasteiger partial charge on any atom is -0.761 e. The Hall–Kier alpha value is -2.81. The lowest BCUT2D eigenvalue weighted by Gasteiger charge is -2.19. The number of nitrogens with one attached hydrogen (secondary N) is 1. The van der Waals surface area contributed by atoms with Crippen molar-refractivity contribution >= 4 is 52.2 Å². The van der Waals surface area contributed by atoms with E-state index in [2.05, 4.69) is 6.58 Å². The molecule has 1 aromatic rings. The van der Waals surface area contributed by atoms with E-state index in [9.17, 15) is 20.0 Å². The van der Waals surface area contributed by atoms with Crippen LogP contribution in [0.2, 0.25) is 0 Å². The Balaban J connectivity index is 2.52. The highest BCUT2D eigenvalue weighted by Crippen LogP contribution is 2.36. The molecule has 0 aromatic heterocycles. The SMILES string of the molecule is C=C1C(OC(=O)CCl)=CC=C/C1=[N+](\[O-])c1c(N[O-])cccc1OC(=O)CCl. The Bertz CT molecular complexity index is 876. The number of para-hydroxylation sites is 1. The first-order chi connectivity index (χ1) is 12.9. The van der Waals surface area contributed by atoms with E-state index >= 15 is 0 Å². The van der Waals surface area contributed by atoms with Crippen LogP contribution in [0.1, 0.15) is 0 Å². The van der Waals surface area contributed by atoms with Crippen LogP contribution in [0.5, 0.6) is 5.75 Å². The Morgan fingerprint density at radius 1 is 1.19 bits per heavy atom. The van der Waals surface area contributed by atoms with E-state index in [1.165, 1.54) is 36.4 Å². The fraction of sp³-hybridized carbons (Fsp3) is 0.118. The van der Waals surface area contributed by atoms with Gasteiger partial charge in [-0.1, -0.05) is 18.7 Å². The largest absolute Gasteiger partial charge is 0.761 e. The van der Waals surface area contributed by atoms with Crippen molar-refractivity contribution in [2.75, 3.05) is 17.2 Å². The van der Waals surface area contributed by atoms with Gasteiger partial charge in [-0.05, 0) is 18.2 Å². The van der Waals surface area contributed by atoms with Crippen LogP contribution in [-0.2, 0) is 14.3 Å². The summed E-state index contributed by atoms with van der Waals surface area (Å²) in [5.41, 5.74) is 1.23. The lowest BCUT2D eigenvalue weighted by Crippen LogP contribution is -2.20. The summed E-state index contributed by atoms with van der Waals surface area (Å²) in [6.45, 7) is 3.73. The maximum absolute atomic E-state index is 13.0. The number of hydrogen-bond acceptors (Lipinski definition) is 7. The van der Waals surface area contributed by atoms with Crippen LogP contribution in [0, 0.1) is 10.4 Å². The summed E-state index contributed by atoms with van der Waals surface area (Å²) in [5.74, 6) is -2.53. The second-order valence-electron chi connectivity index (χ2n) is 5.02. The fourth-order valence-electron chi connectivity index (χ4n) is 2.16. The highest BCUT2D eigenvalue weighted by atomic mass is 35.5. The Kier molecular flexibility index (Phi) is 7.00. The van der Waals surface area contributed by atoms with E-state index in [0.29, 0.717) is 4.74 Å². The summed E-state index contributed by atoms with van der Waals surface area (Å²) in [4.78, 5) is 22.9. The van der Waals surface area contributed by atoms with Crippen molar-refractivity contribution in [3.8, 4) is 5.75 Å². The summed E-state index contributed by atoms with van der Waals surface area (Å²) < 4.78 is 10.4. The van der Waals surface area contributed by atoms with E-state index in [1.54, 1.807) is 5.48 Å². The normalized spacial score (nSPS) is 15.1. The number of ether oxygens (including phenoxy) is 2. The topological polar surface area (TPSA) is 114 Å². The van der Waals surface area contributed by atoms with Gasteiger partial charge in [0.2, 0.25) is 11.5 Å². The molecule has 0 aliphatic heterocycles. The average Bonchev–Trinajstić information content (AvgIpc) is 2.68. The van der Waals surface area contributed by atoms with Crippen LogP contribution in [-0.4, -0.2) is 34.1 Å². The summed E-state index contributed by atoms with van der Waals surface area (Å²) in [5, 5.41) is 24.2. The molecule has 8 nitrogen and oxygen atoms in total. The molecule has 0 heterocycles. The third-order valence-electron chi connectivity index (χ3n) is 3.30. The average molecular weight is 412 g/mol. The molecule has 0 amide bonds. The molecule has 10 heteroatoms. The summed E-state index contributed by atoms with van der Waals surface area (Å²) in [7, 11) is 0. The van der Waals surface area contributed by atoms with Crippen LogP contribution in [0.3, 0.4) is 0 Å². The van der Waals surface area contributed by atoms with Gasteiger partial charge in [-0.25, -0.2) is 0 Å². The molecule has 1 N–H and O–H groups in total. The van der Waals surface area contributed by atoms with E-state index in [0.717, 1.165) is 0 Å². The Morgan fingerprint density at radius 3 is 2.48 bits per heavy atom. The first-order valence-electron chi connectivity index (χ1n) is 7.39. The van der Waals surface area contributed by atoms with Crippen molar-refractivity contribution in [2.45, 2.75) is 0 Å². The van der Waals surface area contributed by atoms with Gasteiger partial charge in [-0.2, -0.15) is 4.74 Å². The van der Waals surface area contributed by atoms with Gasteiger partial charge in [0.05, 0.1) is 5.57 Å². The molecule has 0 bridgehead atoms. The van der Waals surface area contributed by atoms with Gasteiger partial charge >= 0.3 is 11.9 Å². The molecule has 142 valence electrons. The van der Waals surface area contributed by atoms with Gasteiger partial charge in [0, 0.05) is 6.08 Å². The molecular formula is C17H13Cl2N2O6-. The summed E-state index contributed by atoms with van der Waals surface area (Å²) in [6, 6.07) is 4.06. The monoisotopic (exact) mass is 411 g/mol. The Labute approximate surface area is 164 Å². The summed E-state index contributed by atoms with van der Waals surface area (Å²) in [6.07, 6.45) is 4.27. The molecular weight excluding hydrogens is 399 g/mol. The number of allylic oxidation sites excluding steroid dienone is 4. The molecule has 0 saturated carbocycles. The predicted molar refractivity (Wildman–Crippen MR) is 101 cm³/mol. The highest BCUT2D eigenvalue weighted by molar-refractivity contribution is 6.27. The van der Waals surface area contributed by atoms with Crippen molar-refractivity contribution in [3.63, 3.8) is 0 Å². The van der Waals surface area contributed by atoms with Crippen molar-refractivity contribution in [3.05, 3.63) is 64.8 Å². The predicted octanol–water partition coefficient (Wildman–Crippen LogP) is 3.12. The van der Waals surface area contributed by atoms with E-state index in [-0.39, 0.29) is 40.0 Å². The van der Waals surface area contributed by atoms with Gasteiger partial charge in [0.15, 0.2) is 0 Å². The number of esters is 2. The van der Waals surface area contributed by atoms with E-state index < -0.39 is 17.8 Å². The maximum atomic E-state index is 13.0. The van der Waals surface area contributed by atoms with E-state index in [4.69, 9.17) is 32.7 Å². The first kappa shape index (κ1) is 20.5. The second kappa shape index (κ2) is 9.22. The molecule has 0 atom stereocenters. The molecule has 0 spiro atoms. The van der Waals surface area contributed by atoms with Gasteiger partial charge in [-0.15, -0.1) is 23.2 Å². The number of nitrogens with zero attached hydrogens (tertiary/aromatic N) is 1. The molecule has 0 fully saturated rings. The number of hydrogen-bond donors (Lipinski definition) is 1. The quantitative estimate of drug-likeness (QED) is 0.191. The lowest BCUT2D eigenvalue weighted by molar-refractivity contribution is -0.359. The number of carbonyl (C=O) groups is 2. The maximum Gasteiger partial charge on any atom is 0.326 e. The molecule has 27 heavy (non-hydrogen) atoms. The number of alkyl halides is 2. The molecule has 1 aliphatic carbocycles. The van der Waals surface area contributed by atoms with Gasteiger partial charge in [-0.3, -0.25) is 9.59 Å². The van der Waals surface area contributed by atoms with Crippen LogP contribution < -0.4 is 10.2 Å². The highest BCUT2D eigenvalue weighted by Gasteiger charge is 2.26. The number of benzene rings is 1. The van der Waals surface area contributed by atoms with Crippen LogP contribution >= 0.6 is 23.2 Å². The van der Waals surface area contributed by atoms with Crippen LogP contribution in [0.4, 0.5) is 11.4 Å². The summed E-state index contributed by atoms with van der Waals surface area (Å²) >= 11 is 10.8. The standard InChI is InChI=1S/C17H13Cl2N2O6/c1-10-12(5-3-6-13(10)26-15(22)8-18)21(25)17-11(20-24)4-2-7-14(17)27-16(23)9-19/h2-7,20H,1,8-9H2/q-1/b21-12+. The molecule has 0 radical (unpaired) electrons. The van der Waals surface area contributed by atoms with Gasteiger partial charge in [0.1, 0.15) is 23.2 Å². The van der Waals surface area contributed by atoms with Crippen molar-refractivity contribution in [2.24, 2.45) is 0 Å².